The van der Waals surface area contributed by atoms with Crippen molar-refractivity contribution in [2.24, 2.45) is 5.92 Å². The molecule has 0 unspecified atom stereocenters. The molecule has 0 heterocycles. The lowest BCUT2D eigenvalue weighted by atomic mass is 10.1. The van der Waals surface area contributed by atoms with Gasteiger partial charge in [0.1, 0.15) is 12.1 Å². The second-order valence-corrected chi connectivity index (χ2v) is 7.22. The Labute approximate surface area is 122 Å². The summed E-state index contributed by atoms with van der Waals surface area (Å²) in [7, 11) is -3.56. The first-order valence-electron chi connectivity index (χ1n) is 6.55. The number of carbonyl (C=O) groups is 1. The summed E-state index contributed by atoms with van der Waals surface area (Å²) >= 11 is 0. The quantitative estimate of drug-likeness (QED) is 0.816. The first kappa shape index (κ1) is 13.9. The molecule has 2 aromatic rings. The molecule has 108 valence electrons. The van der Waals surface area contributed by atoms with Crippen LogP contribution in [-0.4, -0.2) is 20.0 Å². The van der Waals surface area contributed by atoms with Gasteiger partial charge in [-0.1, -0.05) is 30.3 Å². The van der Waals surface area contributed by atoms with Crippen LogP contribution in [0.25, 0.3) is 0 Å². The summed E-state index contributed by atoms with van der Waals surface area (Å²) in [6.07, 6.45) is 0.680. The molecule has 0 aliphatic heterocycles. The molecular weight excluding hydrogens is 291 g/mol. The summed E-state index contributed by atoms with van der Waals surface area (Å²) in [4.78, 5) is 11.4. The van der Waals surface area contributed by atoms with Gasteiger partial charge in [-0.2, -0.15) is 0 Å². The van der Waals surface area contributed by atoms with E-state index in [1.807, 2.05) is 0 Å². The van der Waals surface area contributed by atoms with E-state index in [4.69, 9.17) is 0 Å². The van der Waals surface area contributed by atoms with Crippen molar-refractivity contribution in [3.05, 3.63) is 66.0 Å². The van der Waals surface area contributed by atoms with E-state index in [9.17, 15) is 17.6 Å². The normalized spacial score (nSPS) is 24.5. The van der Waals surface area contributed by atoms with E-state index < -0.39 is 26.9 Å². The van der Waals surface area contributed by atoms with Gasteiger partial charge in [0, 0.05) is 11.8 Å². The molecule has 3 nitrogen and oxygen atoms in total. The predicted molar refractivity (Wildman–Crippen MR) is 76.1 cm³/mol. The van der Waals surface area contributed by atoms with Crippen LogP contribution in [-0.2, 0) is 14.6 Å². The zero-order chi connectivity index (χ0) is 15.0. The van der Waals surface area contributed by atoms with Crippen LogP contribution < -0.4 is 0 Å². The molecule has 5 heteroatoms. The van der Waals surface area contributed by atoms with Crippen molar-refractivity contribution >= 4 is 16.1 Å². The fourth-order valence-corrected chi connectivity index (χ4v) is 4.86. The van der Waals surface area contributed by atoms with Crippen molar-refractivity contribution < 1.29 is 17.6 Å². The lowest BCUT2D eigenvalue weighted by Crippen LogP contribution is -2.10. The molecule has 2 aromatic carbocycles. The second-order valence-electron chi connectivity index (χ2n) is 5.11. The monoisotopic (exact) mass is 304 g/mol. The van der Waals surface area contributed by atoms with Crippen LogP contribution in [0.3, 0.4) is 0 Å². The van der Waals surface area contributed by atoms with Crippen LogP contribution in [0, 0.1) is 11.7 Å². The summed E-state index contributed by atoms with van der Waals surface area (Å²) in [5.41, 5.74) is 0.679. The molecule has 21 heavy (non-hydrogen) atoms. The number of hydrogen-bond acceptors (Lipinski definition) is 3. The van der Waals surface area contributed by atoms with Gasteiger partial charge in [-0.15, -0.1) is 0 Å². The Kier molecular flexibility index (Phi) is 3.37. The summed E-state index contributed by atoms with van der Waals surface area (Å²) in [5, 5.41) is -0.761. The second kappa shape index (κ2) is 5.07. The van der Waals surface area contributed by atoms with Crippen LogP contribution in [0.1, 0.15) is 11.5 Å². The molecule has 0 saturated heterocycles. The number of sulfone groups is 1. The molecule has 1 fully saturated rings. The van der Waals surface area contributed by atoms with Crippen molar-refractivity contribution in [2.45, 2.75) is 16.1 Å². The van der Waals surface area contributed by atoms with Gasteiger partial charge in [-0.25, -0.2) is 12.8 Å². The molecule has 3 atom stereocenters. The molecule has 0 N–H and O–H groups in total. The van der Waals surface area contributed by atoms with Gasteiger partial charge in [0.2, 0.25) is 0 Å². The zero-order valence-electron chi connectivity index (χ0n) is 11.0. The number of rotatable bonds is 4. The Balaban J connectivity index is 1.96. The van der Waals surface area contributed by atoms with E-state index in [2.05, 4.69) is 0 Å². The van der Waals surface area contributed by atoms with Crippen LogP contribution >= 0.6 is 0 Å². The highest BCUT2D eigenvalue weighted by Gasteiger charge is 2.58. The average molecular weight is 304 g/mol. The maximum absolute atomic E-state index is 13.0. The highest BCUT2D eigenvalue weighted by molar-refractivity contribution is 7.92. The summed E-state index contributed by atoms with van der Waals surface area (Å²) in [6, 6.07) is 13.7. The summed E-state index contributed by atoms with van der Waals surface area (Å²) < 4.78 is 38.1. The predicted octanol–water partition coefficient (Wildman–Crippen LogP) is 2.58. The fourth-order valence-electron chi connectivity index (χ4n) is 2.73. The Morgan fingerprint density at radius 3 is 2.14 bits per heavy atom. The third-order valence-corrected chi connectivity index (χ3v) is 6.10. The van der Waals surface area contributed by atoms with Crippen LogP contribution in [0.5, 0.6) is 0 Å². The molecule has 0 aromatic heterocycles. The number of carbonyl (C=O) groups excluding carboxylic acids is 1. The van der Waals surface area contributed by atoms with Gasteiger partial charge in [0.15, 0.2) is 9.84 Å². The fraction of sp³-hybridized carbons (Fsp3) is 0.188. The van der Waals surface area contributed by atoms with Gasteiger partial charge in [0.25, 0.3) is 0 Å². The van der Waals surface area contributed by atoms with Crippen LogP contribution in [0.2, 0.25) is 0 Å². The minimum absolute atomic E-state index is 0.214. The molecule has 0 bridgehead atoms. The van der Waals surface area contributed by atoms with E-state index >= 15 is 0 Å². The summed E-state index contributed by atoms with van der Waals surface area (Å²) in [6.45, 7) is 0. The van der Waals surface area contributed by atoms with Crippen molar-refractivity contribution in [3.8, 4) is 0 Å². The Bertz CT molecular complexity index is 754. The van der Waals surface area contributed by atoms with Crippen molar-refractivity contribution in [1.82, 2.24) is 0 Å². The lowest BCUT2D eigenvalue weighted by Gasteiger charge is -2.03. The largest absolute Gasteiger partial charge is 0.303 e. The van der Waals surface area contributed by atoms with Crippen molar-refractivity contribution in [1.29, 1.82) is 0 Å². The first-order chi connectivity index (χ1) is 10.1. The first-order valence-corrected chi connectivity index (χ1v) is 8.10. The molecule has 1 aliphatic carbocycles. The molecule has 0 spiro atoms. The smallest absolute Gasteiger partial charge is 0.182 e. The van der Waals surface area contributed by atoms with Crippen LogP contribution in [0.4, 0.5) is 4.39 Å². The topological polar surface area (TPSA) is 51.2 Å². The van der Waals surface area contributed by atoms with E-state index in [0.29, 0.717) is 11.8 Å². The molecule has 1 aliphatic rings. The van der Waals surface area contributed by atoms with Gasteiger partial charge >= 0.3 is 0 Å². The van der Waals surface area contributed by atoms with E-state index in [-0.39, 0.29) is 10.7 Å². The SMILES string of the molecule is O=C[C@@H]1[C@H](c2ccc(F)cc2)[C@H]1S(=O)(=O)c1ccccc1. The third-order valence-electron chi connectivity index (χ3n) is 3.85. The highest BCUT2D eigenvalue weighted by atomic mass is 32.2. The highest BCUT2D eigenvalue weighted by Crippen LogP contribution is 2.52. The molecular formula is C16H13FO3S. The average Bonchev–Trinajstić information content (AvgIpc) is 3.24. The maximum Gasteiger partial charge on any atom is 0.182 e. The lowest BCUT2D eigenvalue weighted by molar-refractivity contribution is -0.108. The number of halogens is 1. The zero-order valence-corrected chi connectivity index (χ0v) is 11.8. The minimum Gasteiger partial charge on any atom is -0.303 e. The standard InChI is InChI=1S/C16H13FO3S/c17-12-8-6-11(7-9-12)15-14(10-18)16(15)21(19,20)13-4-2-1-3-5-13/h1-10,14-16H/t14-,15+,16+/m1/s1. The van der Waals surface area contributed by atoms with Gasteiger partial charge in [0.05, 0.1) is 10.1 Å². The maximum atomic E-state index is 13.0. The van der Waals surface area contributed by atoms with Crippen LogP contribution in [0.15, 0.2) is 59.5 Å². The Hall–Kier alpha value is -2.01. The van der Waals surface area contributed by atoms with E-state index in [0.717, 1.165) is 0 Å². The molecule has 1 saturated carbocycles. The number of aldehydes is 1. The van der Waals surface area contributed by atoms with Gasteiger partial charge < -0.3 is 4.79 Å². The number of hydrogen-bond donors (Lipinski definition) is 0. The third kappa shape index (κ3) is 2.38. The Morgan fingerprint density at radius 2 is 1.57 bits per heavy atom. The van der Waals surface area contributed by atoms with Gasteiger partial charge in [-0.3, -0.25) is 0 Å². The molecule has 0 amide bonds. The summed E-state index contributed by atoms with van der Waals surface area (Å²) in [5.74, 6) is -1.35. The molecule has 0 radical (unpaired) electrons. The van der Waals surface area contributed by atoms with E-state index in [1.54, 1.807) is 18.2 Å². The molecule has 3 rings (SSSR count). The van der Waals surface area contributed by atoms with Crippen molar-refractivity contribution in [2.75, 3.05) is 0 Å². The number of benzene rings is 2. The van der Waals surface area contributed by atoms with E-state index in [1.165, 1.54) is 36.4 Å². The Morgan fingerprint density at radius 1 is 0.952 bits per heavy atom. The van der Waals surface area contributed by atoms with Crippen molar-refractivity contribution in [3.63, 3.8) is 0 Å². The van der Waals surface area contributed by atoms with Gasteiger partial charge in [-0.05, 0) is 29.8 Å². The minimum atomic E-state index is -3.56.